The van der Waals surface area contributed by atoms with Crippen molar-refractivity contribution in [2.24, 2.45) is 17.8 Å². The summed E-state index contributed by atoms with van der Waals surface area (Å²) in [6.45, 7) is 0.216. The van der Waals surface area contributed by atoms with Crippen molar-refractivity contribution in [3.05, 3.63) is 24.0 Å². The van der Waals surface area contributed by atoms with Crippen LogP contribution in [0.2, 0.25) is 0 Å². The Morgan fingerprint density at radius 1 is 1.28 bits per heavy atom. The number of fused-ring (bicyclic) bond motifs is 2. The summed E-state index contributed by atoms with van der Waals surface area (Å²) in [5.74, 6) is -1.10. The van der Waals surface area contributed by atoms with Crippen LogP contribution in [0, 0.1) is 17.8 Å². The van der Waals surface area contributed by atoms with Gasteiger partial charge in [-0.15, -0.1) is 0 Å². The number of carbonyl (C=O) groups excluding carboxylic acids is 4. The number of H-pyrrole nitrogens is 1. The monoisotopic (exact) mass is 497 g/mol. The molecular weight excluding hydrogens is 466 g/mol. The third kappa shape index (κ3) is 4.32. The number of imidazole rings is 1. The Kier molecular flexibility index (Phi) is 6.65. The number of likely N-dealkylation sites (tertiary alicyclic amines) is 1. The van der Waals surface area contributed by atoms with Crippen LogP contribution in [-0.4, -0.2) is 82.4 Å². The number of nitrogens with zero attached hydrogens (tertiary/aromatic N) is 2. The molecule has 0 bridgehead atoms. The molecule has 0 radical (unpaired) electrons. The Balaban J connectivity index is 1.39. The summed E-state index contributed by atoms with van der Waals surface area (Å²) in [5, 5.41) is 15.0. The SMILES string of the molecule is COc1cccc2[nH]c(C(=O)N3C[C@@H]4CCC[C@@H]4[C@H]3C(=O)NC(C[C@@H]3CCNC3=O)C(=O)CO)nc12. The van der Waals surface area contributed by atoms with Crippen molar-refractivity contribution in [1.29, 1.82) is 0 Å². The number of aliphatic hydroxyl groups excluding tert-OH is 1. The van der Waals surface area contributed by atoms with Gasteiger partial charge in [0.15, 0.2) is 11.6 Å². The number of ketones is 1. The zero-order valence-corrected chi connectivity index (χ0v) is 20.2. The van der Waals surface area contributed by atoms with E-state index in [4.69, 9.17) is 4.74 Å². The molecule has 11 nitrogen and oxygen atoms in total. The molecule has 36 heavy (non-hydrogen) atoms. The maximum atomic E-state index is 13.6. The number of nitrogens with one attached hydrogen (secondary N) is 3. The average molecular weight is 498 g/mol. The van der Waals surface area contributed by atoms with Gasteiger partial charge in [-0.05, 0) is 49.7 Å². The first kappa shape index (κ1) is 24.2. The topological polar surface area (TPSA) is 154 Å². The van der Waals surface area contributed by atoms with Crippen LogP contribution in [0.3, 0.4) is 0 Å². The van der Waals surface area contributed by atoms with Gasteiger partial charge in [-0.1, -0.05) is 12.5 Å². The Bertz CT molecular complexity index is 1190. The summed E-state index contributed by atoms with van der Waals surface area (Å²) in [6.07, 6.45) is 3.40. The number of aromatic amines is 1. The van der Waals surface area contributed by atoms with Crippen LogP contribution in [0.4, 0.5) is 0 Å². The smallest absolute Gasteiger partial charge is 0.290 e. The van der Waals surface area contributed by atoms with Crippen LogP contribution in [0.25, 0.3) is 11.0 Å². The van der Waals surface area contributed by atoms with Crippen molar-refractivity contribution in [2.45, 2.75) is 44.2 Å². The number of methoxy groups -OCH3 is 1. The van der Waals surface area contributed by atoms with Gasteiger partial charge in [0.05, 0.1) is 18.7 Å². The summed E-state index contributed by atoms with van der Waals surface area (Å²) in [6, 6.07) is 3.61. The Morgan fingerprint density at radius 2 is 2.11 bits per heavy atom. The summed E-state index contributed by atoms with van der Waals surface area (Å²) < 4.78 is 5.35. The minimum absolute atomic E-state index is 0.0208. The standard InChI is InChI=1S/C25H31N5O6/c1-36-19-7-3-6-16-20(19)29-22(27-16)25(35)30-11-14-4-2-5-15(14)21(30)24(34)28-17(18(32)12-31)10-13-8-9-26-23(13)33/h3,6-7,13-15,17,21,31H,2,4-5,8-12H2,1H3,(H,26,33)(H,27,29)(H,28,34)/t13-,14-,15-,17?,21-/m0/s1. The Morgan fingerprint density at radius 3 is 2.83 bits per heavy atom. The number of aliphatic hydroxyl groups is 1. The molecule has 2 saturated heterocycles. The molecule has 1 aromatic carbocycles. The predicted octanol–water partition coefficient (Wildman–Crippen LogP) is 0.385. The summed E-state index contributed by atoms with van der Waals surface area (Å²) in [5.41, 5.74) is 1.19. The first-order valence-corrected chi connectivity index (χ1v) is 12.5. The van der Waals surface area contributed by atoms with Gasteiger partial charge >= 0.3 is 0 Å². The van der Waals surface area contributed by atoms with Gasteiger partial charge in [-0.3, -0.25) is 19.2 Å². The number of hydrogen-bond donors (Lipinski definition) is 4. The molecule has 0 spiro atoms. The van der Waals surface area contributed by atoms with E-state index in [2.05, 4.69) is 20.6 Å². The quantitative estimate of drug-likeness (QED) is 0.411. The van der Waals surface area contributed by atoms with Crippen LogP contribution in [0.15, 0.2) is 18.2 Å². The van der Waals surface area contributed by atoms with E-state index in [1.807, 2.05) is 0 Å². The van der Waals surface area contributed by atoms with E-state index in [1.54, 1.807) is 23.1 Å². The van der Waals surface area contributed by atoms with E-state index < -0.39 is 36.3 Å². The molecule has 3 fully saturated rings. The van der Waals surface area contributed by atoms with Gasteiger partial charge in [0.1, 0.15) is 23.9 Å². The Labute approximate surface area is 208 Å². The molecule has 3 aliphatic rings. The lowest BCUT2D eigenvalue weighted by atomic mass is 9.92. The highest BCUT2D eigenvalue weighted by molar-refractivity contribution is 5.99. The predicted molar refractivity (Wildman–Crippen MR) is 128 cm³/mol. The van der Waals surface area contributed by atoms with Gasteiger partial charge in [0.2, 0.25) is 11.8 Å². The molecule has 1 unspecified atom stereocenters. The summed E-state index contributed by atoms with van der Waals surface area (Å²) in [7, 11) is 1.53. The fourth-order valence-corrected chi connectivity index (χ4v) is 6.05. The minimum Gasteiger partial charge on any atom is -0.494 e. The molecule has 1 aliphatic carbocycles. The number of hydrogen-bond acceptors (Lipinski definition) is 7. The fourth-order valence-electron chi connectivity index (χ4n) is 6.05. The number of carbonyl (C=O) groups is 4. The lowest BCUT2D eigenvalue weighted by Gasteiger charge is -2.28. The van der Waals surface area contributed by atoms with Crippen LogP contribution in [-0.2, 0) is 14.4 Å². The number of aromatic nitrogens is 2. The lowest BCUT2D eigenvalue weighted by Crippen LogP contribution is -2.53. The van der Waals surface area contributed by atoms with Gasteiger partial charge in [0.25, 0.3) is 5.91 Å². The van der Waals surface area contributed by atoms with Gasteiger partial charge in [-0.2, -0.15) is 0 Å². The maximum absolute atomic E-state index is 13.6. The average Bonchev–Trinajstić information content (AvgIpc) is 3.66. The van der Waals surface area contributed by atoms with Crippen molar-refractivity contribution < 1.29 is 29.0 Å². The van der Waals surface area contributed by atoms with E-state index >= 15 is 0 Å². The number of ether oxygens (including phenoxy) is 1. The highest BCUT2D eigenvalue weighted by Crippen LogP contribution is 2.43. The van der Waals surface area contributed by atoms with Crippen molar-refractivity contribution >= 4 is 34.5 Å². The lowest BCUT2D eigenvalue weighted by molar-refractivity contribution is -0.133. The Hall–Kier alpha value is -3.47. The van der Waals surface area contributed by atoms with Gasteiger partial charge in [0, 0.05) is 19.0 Å². The van der Waals surface area contributed by atoms with E-state index in [0.29, 0.717) is 36.3 Å². The molecule has 192 valence electrons. The molecule has 4 N–H and O–H groups in total. The third-order valence-corrected chi connectivity index (χ3v) is 7.86. The maximum Gasteiger partial charge on any atom is 0.290 e. The van der Waals surface area contributed by atoms with Crippen molar-refractivity contribution in [3.8, 4) is 5.75 Å². The zero-order valence-electron chi connectivity index (χ0n) is 20.2. The molecular formula is C25H31N5O6. The molecule has 1 saturated carbocycles. The summed E-state index contributed by atoms with van der Waals surface area (Å²) in [4.78, 5) is 60.8. The second-order valence-electron chi connectivity index (χ2n) is 9.90. The second-order valence-corrected chi connectivity index (χ2v) is 9.90. The third-order valence-electron chi connectivity index (χ3n) is 7.86. The largest absolute Gasteiger partial charge is 0.494 e. The van der Waals surface area contributed by atoms with E-state index in [-0.39, 0.29) is 35.9 Å². The first-order valence-electron chi connectivity index (χ1n) is 12.5. The van der Waals surface area contributed by atoms with E-state index in [1.165, 1.54) is 7.11 Å². The van der Waals surface area contributed by atoms with E-state index in [9.17, 15) is 24.3 Å². The van der Waals surface area contributed by atoms with Crippen LogP contribution < -0.4 is 15.4 Å². The van der Waals surface area contributed by atoms with E-state index in [0.717, 1.165) is 19.3 Å². The molecule has 2 aromatic rings. The molecule has 1 aromatic heterocycles. The normalized spacial score (nSPS) is 26.1. The molecule has 11 heteroatoms. The van der Waals surface area contributed by atoms with Gasteiger partial charge < -0.3 is 30.4 Å². The first-order chi connectivity index (χ1) is 17.4. The van der Waals surface area contributed by atoms with Crippen molar-refractivity contribution in [2.75, 3.05) is 26.8 Å². The molecule has 3 amide bonds. The zero-order chi connectivity index (χ0) is 25.4. The number of amides is 3. The summed E-state index contributed by atoms with van der Waals surface area (Å²) >= 11 is 0. The molecule has 5 rings (SSSR count). The number of para-hydroxylation sites is 1. The molecule has 5 atom stereocenters. The number of Topliss-reactive ketones (excluding diaryl/α,β-unsaturated/α-hetero) is 1. The van der Waals surface area contributed by atoms with Crippen LogP contribution >= 0.6 is 0 Å². The molecule has 2 aliphatic heterocycles. The fraction of sp³-hybridized carbons (Fsp3) is 0.560. The second kappa shape index (κ2) is 9.88. The van der Waals surface area contributed by atoms with Crippen molar-refractivity contribution in [3.63, 3.8) is 0 Å². The number of rotatable bonds is 8. The van der Waals surface area contributed by atoms with Crippen LogP contribution in [0.5, 0.6) is 5.75 Å². The van der Waals surface area contributed by atoms with Crippen molar-refractivity contribution in [1.82, 2.24) is 25.5 Å². The van der Waals surface area contributed by atoms with Crippen LogP contribution in [0.1, 0.15) is 42.7 Å². The number of benzene rings is 1. The van der Waals surface area contributed by atoms with Gasteiger partial charge in [-0.25, -0.2) is 4.98 Å². The highest BCUT2D eigenvalue weighted by atomic mass is 16.5. The minimum atomic E-state index is -0.996. The molecule has 3 heterocycles. The highest BCUT2D eigenvalue weighted by Gasteiger charge is 2.50.